The molecule has 0 unspecified atom stereocenters. The lowest BCUT2D eigenvalue weighted by atomic mass is 10.3. The molecule has 0 aromatic rings. The van der Waals surface area contributed by atoms with E-state index in [1.54, 1.807) is 0 Å². The molecule has 0 bridgehead atoms. The Balaban J connectivity index is 0. The molecule has 0 aromatic carbocycles. The van der Waals surface area contributed by atoms with Crippen molar-refractivity contribution in [3.63, 3.8) is 0 Å². The minimum atomic E-state index is -0.833. The Labute approximate surface area is 93.4 Å². The number of amides is 1. The summed E-state index contributed by atoms with van der Waals surface area (Å²) in [5.41, 5.74) is 0. The monoisotopic (exact) mass is 237 g/mol. The van der Waals surface area contributed by atoms with Gasteiger partial charge in [-0.05, 0) is 0 Å². The molecule has 0 radical (unpaired) electrons. The van der Waals surface area contributed by atoms with Gasteiger partial charge in [-0.15, -0.1) is 0 Å². The number of hydrogen-bond acceptors (Lipinski definition) is 5. The maximum Gasteiger partial charge on any atom is 0.329 e. The van der Waals surface area contributed by atoms with Gasteiger partial charge in [0.1, 0.15) is 6.04 Å². The Morgan fingerprint density at radius 2 is 1.80 bits per heavy atom. The number of carboxylic acids is 1. The van der Waals surface area contributed by atoms with Crippen molar-refractivity contribution in [2.24, 2.45) is 0 Å². The molecule has 0 rings (SSSR count). The van der Waals surface area contributed by atoms with Crippen molar-refractivity contribution < 1.29 is 24.2 Å². The van der Waals surface area contributed by atoms with Crippen molar-refractivity contribution in [2.75, 3.05) is 12.9 Å². The van der Waals surface area contributed by atoms with E-state index in [0.717, 1.165) is 6.92 Å². The maximum atomic E-state index is 10.8. The second-order valence-corrected chi connectivity index (χ2v) is 2.84. The molecule has 0 aromatic heterocycles. The molecular formula is C8H15NO5S. The Morgan fingerprint density at radius 3 is 2.00 bits per heavy atom. The zero-order valence-electron chi connectivity index (χ0n) is 8.81. The molecule has 88 valence electrons. The first kappa shape index (κ1) is 16.2. The molecule has 1 amide bonds. The standard InChI is InChI=1S/C6H11NO3S.C2H4O2/c1-4(8)7-5(3-11)6(9)10-2;1-2(3)4/h5,11H,3H2,1-2H3,(H,7,8);1H3,(H,3,4)/t5-;/m0./s1. The largest absolute Gasteiger partial charge is 0.481 e. The number of carbonyl (C=O) groups excluding carboxylic acids is 2. The Bertz CT molecular complexity index is 227. The summed E-state index contributed by atoms with van der Waals surface area (Å²) < 4.78 is 4.40. The SMILES string of the molecule is CC(=O)O.COC(=O)[C@H](CS)NC(C)=O. The van der Waals surface area contributed by atoms with Gasteiger partial charge >= 0.3 is 5.97 Å². The quantitative estimate of drug-likeness (QED) is 0.462. The molecule has 6 nitrogen and oxygen atoms in total. The summed E-state index contributed by atoms with van der Waals surface area (Å²) in [5, 5.41) is 9.81. The van der Waals surface area contributed by atoms with Gasteiger partial charge in [-0.25, -0.2) is 4.79 Å². The number of rotatable bonds is 3. The Hall–Kier alpha value is -1.24. The van der Waals surface area contributed by atoms with E-state index in [1.165, 1.54) is 14.0 Å². The number of methoxy groups -OCH3 is 1. The summed E-state index contributed by atoms with van der Waals surface area (Å²) >= 11 is 3.87. The van der Waals surface area contributed by atoms with Crippen LogP contribution in [0.25, 0.3) is 0 Å². The van der Waals surface area contributed by atoms with Gasteiger partial charge in [0.05, 0.1) is 7.11 Å². The number of carboxylic acid groups (broad SMARTS) is 1. The highest BCUT2D eigenvalue weighted by molar-refractivity contribution is 7.80. The van der Waals surface area contributed by atoms with E-state index >= 15 is 0 Å². The minimum absolute atomic E-state index is 0.242. The number of nitrogens with one attached hydrogen (secondary N) is 1. The van der Waals surface area contributed by atoms with Crippen LogP contribution in [0.4, 0.5) is 0 Å². The number of hydrogen-bond donors (Lipinski definition) is 3. The van der Waals surface area contributed by atoms with Crippen LogP contribution < -0.4 is 5.32 Å². The number of carbonyl (C=O) groups is 3. The van der Waals surface area contributed by atoms with Gasteiger partial charge in [-0.2, -0.15) is 12.6 Å². The van der Waals surface area contributed by atoms with Crippen molar-refractivity contribution in [3.05, 3.63) is 0 Å². The summed E-state index contributed by atoms with van der Waals surface area (Å²) in [6, 6.07) is -0.638. The maximum absolute atomic E-state index is 10.8. The first-order chi connectivity index (χ1) is 6.84. The van der Waals surface area contributed by atoms with Crippen molar-refractivity contribution in [3.8, 4) is 0 Å². The number of esters is 1. The predicted molar refractivity (Wildman–Crippen MR) is 56.8 cm³/mol. The van der Waals surface area contributed by atoms with E-state index < -0.39 is 18.0 Å². The summed E-state index contributed by atoms with van der Waals surface area (Å²) in [5.74, 6) is -1.34. The average Bonchev–Trinajstić information content (AvgIpc) is 2.11. The molecule has 0 aliphatic rings. The lowest BCUT2D eigenvalue weighted by Crippen LogP contribution is -2.41. The van der Waals surface area contributed by atoms with Crippen LogP contribution in [0, 0.1) is 0 Å². The molecule has 2 N–H and O–H groups in total. The fraction of sp³-hybridized carbons (Fsp3) is 0.625. The fourth-order valence-corrected chi connectivity index (χ4v) is 0.807. The number of aliphatic carboxylic acids is 1. The highest BCUT2D eigenvalue weighted by Crippen LogP contribution is 1.90. The molecular weight excluding hydrogens is 222 g/mol. The lowest BCUT2D eigenvalue weighted by Gasteiger charge is -2.11. The van der Waals surface area contributed by atoms with E-state index in [-0.39, 0.29) is 11.7 Å². The molecule has 7 heteroatoms. The average molecular weight is 237 g/mol. The molecule has 0 aliphatic heterocycles. The predicted octanol–water partition coefficient (Wildman–Crippen LogP) is -0.315. The van der Waals surface area contributed by atoms with Gasteiger partial charge in [0, 0.05) is 19.6 Å². The van der Waals surface area contributed by atoms with Crippen LogP contribution in [-0.2, 0) is 19.1 Å². The van der Waals surface area contributed by atoms with E-state index in [1.807, 2.05) is 0 Å². The molecule has 15 heavy (non-hydrogen) atoms. The Morgan fingerprint density at radius 1 is 1.40 bits per heavy atom. The second kappa shape index (κ2) is 9.32. The van der Waals surface area contributed by atoms with Crippen LogP contribution in [-0.4, -0.2) is 41.9 Å². The summed E-state index contributed by atoms with van der Waals surface area (Å²) in [6.07, 6.45) is 0. The third-order valence-electron chi connectivity index (χ3n) is 1.05. The van der Waals surface area contributed by atoms with Crippen LogP contribution in [0.15, 0.2) is 0 Å². The molecule has 0 heterocycles. The smallest absolute Gasteiger partial charge is 0.329 e. The molecule has 0 spiro atoms. The van der Waals surface area contributed by atoms with Crippen LogP contribution in [0.3, 0.4) is 0 Å². The van der Waals surface area contributed by atoms with Crippen LogP contribution in [0.2, 0.25) is 0 Å². The lowest BCUT2D eigenvalue weighted by molar-refractivity contribution is -0.144. The second-order valence-electron chi connectivity index (χ2n) is 2.48. The van der Waals surface area contributed by atoms with Gasteiger partial charge in [-0.3, -0.25) is 9.59 Å². The summed E-state index contributed by atoms with van der Waals surface area (Å²) in [7, 11) is 1.26. The third-order valence-corrected chi connectivity index (χ3v) is 1.41. The van der Waals surface area contributed by atoms with Crippen molar-refractivity contribution >= 4 is 30.5 Å². The molecule has 0 aliphatic carbocycles. The molecule has 0 fully saturated rings. The zero-order valence-corrected chi connectivity index (χ0v) is 9.71. The number of ether oxygens (including phenoxy) is 1. The van der Waals surface area contributed by atoms with E-state index in [2.05, 4.69) is 22.7 Å². The van der Waals surface area contributed by atoms with E-state index in [4.69, 9.17) is 9.90 Å². The van der Waals surface area contributed by atoms with Crippen molar-refractivity contribution in [1.82, 2.24) is 5.32 Å². The Kier molecular flexibility index (Phi) is 10.1. The molecule has 1 atom stereocenters. The molecule has 0 saturated carbocycles. The normalized spacial score (nSPS) is 10.4. The van der Waals surface area contributed by atoms with Gasteiger partial charge < -0.3 is 15.2 Å². The summed E-state index contributed by atoms with van der Waals surface area (Å²) in [4.78, 5) is 30.3. The first-order valence-electron chi connectivity index (χ1n) is 4.00. The van der Waals surface area contributed by atoms with Gasteiger partial charge in [0.25, 0.3) is 5.97 Å². The zero-order chi connectivity index (χ0) is 12.4. The highest BCUT2D eigenvalue weighted by atomic mass is 32.1. The third kappa shape index (κ3) is 12.8. The van der Waals surface area contributed by atoms with Gasteiger partial charge in [0.15, 0.2) is 0 Å². The topological polar surface area (TPSA) is 92.7 Å². The van der Waals surface area contributed by atoms with Crippen molar-refractivity contribution in [2.45, 2.75) is 19.9 Å². The van der Waals surface area contributed by atoms with Gasteiger partial charge in [-0.1, -0.05) is 0 Å². The minimum Gasteiger partial charge on any atom is -0.481 e. The van der Waals surface area contributed by atoms with E-state index in [9.17, 15) is 9.59 Å². The fourth-order valence-electron chi connectivity index (χ4n) is 0.567. The van der Waals surface area contributed by atoms with Crippen LogP contribution in [0.1, 0.15) is 13.8 Å². The molecule has 0 saturated heterocycles. The number of thiol groups is 1. The summed E-state index contributed by atoms with van der Waals surface area (Å²) in [6.45, 7) is 2.42. The first-order valence-corrected chi connectivity index (χ1v) is 4.63. The van der Waals surface area contributed by atoms with Crippen molar-refractivity contribution in [1.29, 1.82) is 0 Å². The highest BCUT2D eigenvalue weighted by Gasteiger charge is 2.17. The van der Waals surface area contributed by atoms with Crippen LogP contribution in [0.5, 0.6) is 0 Å². The van der Waals surface area contributed by atoms with Gasteiger partial charge in [0.2, 0.25) is 5.91 Å². The van der Waals surface area contributed by atoms with Crippen LogP contribution >= 0.6 is 12.6 Å². The van der Waals surface area contributed by atoms with E-state index in [0.29, 0.717) is 0 Å².